The molecule has 1 aliphatic rings. The van der Waals surface area contributed by atoms with E-state index >= 15 is 0 Å². The lowest BCUT2D eigenvalue weighted by molar-refractivity contribution is -0.380. The number of anilines is 2. The summed E-state index contributed by atoms with van der Waals surface area (Å²) in [6, 6.07) is 15.7. The van der Waals surface area contributed by atoms with Crippen LogP contribution in [0.4, 0.5) is 21.2 Å². The van der Waals surface area contributed by atoms with Gasteiger partial charge in [0, 0.05) is 40.1 Å². The van der Waals surface area contributed by atoms with Crippen molar-refractivity contribution >= 4 is 73.0 Å². The highest BCUT2D eigenvalue weighted by atomic mass is 35.5. The topological polar surface area (TPSA) is 145 Å². The first kappa shape index (κ1) is 30.0. The number of carbonyl (C=O) groups is 2. The number of benzene rings is 3. The molecule has 5 aromatic rings. The highest BCUT2D eigenvalue weighted by Crippen LogP contribution is 2.47. The molecule has 0 aliphatic carbocycles. The fourth-order valence-electron chi connectivity index (χ4n) is 5.70. The van der Waals surface area contributed by atoms with Gasteiger partial charge in [0.1, 0.15) is 12.3 Å². The maximum Gasteiger partial charge on any atom is 0.412 e. The number of nitrogens with one attached hydrogen (secondary N) is 2. The summed E-state index contributed by atoms with van der Waals surface area (Å²) in [7, 11) is 4.54. The molecule has 2 amide bonds. The molecule has 0 bridgehead atoms. The van der Waals surface area contributed by atoms with Crippen LogP contribution in [0.25, 0.3) is 21.7 Å². The van der Waals surface area contributed by atoms with Crippen LogP contribution in [-0.4, -0.2) is 55.7 Å². The molecule has 0 saturated heterocycles. The maximum atomic E-state index is 14.1. The van der Waals surface area contributed by atoms with Crippen molar-refractivity contribution in [3.8, 4) is 17.2 Å². The molecule has 3 heterocycles. The Labute approximate surface area is 265 Å². The summed E-state index contributed by atoms with van der Waals surface area (Å²) >= 11 is 7.38. The number of hydrogen-bond donors (Lipinski definition) is 2. The van der Waals surface area contributed by atoms with Crippen LogP contribution < -0.4 is 24.4 Å². The summed E-state index contributed by atoms with van der Waals surface area (Å²) in [5.41, 5.74) is 2.83. The molecule has 2 aromatic heterocycles. The van der Waals surface area contributed by atoms with Crippen molar-refractivity contribution in [2.75, 3.05) is 44.0 Å². The number of amides is 2. The second-order valence-electron chi connectivity index (χ2n) is 10.2. The lowest BCUT2D eigenvalue weighted by Gasteiger charge is -2.19. The summed E-state index contributed by atoms with van der Waals surface area (Å²) in [6.45, 7) is 0.192. The van der Waals surface area contributed by atoms with E-state index in [4.69, 9.17) is 30.5 Å². The number of nitrogens with zero attached hydrogens (tertiary/aromatic N) is 2. The molecule has 0 spiro atoms. The quantitative estimate of drug-likeness (QED) is 0.0981. The third-order valence-corrected chi connectivity index (χ3v) is 9.04. The molecule has 14 heteroatoms. The van der Waals surface area contributed by atoms with Gasteiger partial charge in [-0.2, -0.15) is 0 Å². The van der Waals surface area contributed by atoms with Crippen molar-refractivity contribution < 1.29 is 33.5 Å². The zero-order valence-electron chi connectivity index (χ0n) is 24.3. The van der Waals surface area contributed by atoms with E-state index < -0.39 is 11.0 Å². The molecule has 0 saturated carbocycles. The Balaban J connectivity index is 1.35. The minimum Gasteiger partial charge on any atom is -0.493 e. The number of rotatable bonds is 9. The minimum atomic E-state index is -0.744. The molecule has 1 unspecified atom stereocenters. The largest absolute Gasteiger partial charge is 0.493 e. The SMILES string of the molecule is COc1cc2cc(C(=O)N3CC(CCl)c4c3cc(NC(=O)OCc3ccc([N+](=O)[O-])s3)c3ccccc43)[nH]c2c(OC)c1OC. The minimum absolute atomic E-state index is 0.0380. The molecule has 12 nitrogen and oxygen atoms in total. The standard InChI is InChI=1S/C31H27ClN4O8S/c1-41-24-11-16-10-22(33-27(16)29(43-3)28(24)42-2)30(37)35-14-17(13-32)26-20-7-5-4-6-19(20)21(12-23(26)35)34-31(38)44-15-18-8-9-25(45-18)36(39)40/h4-12,17,33H,13-15H2,1-3H3,(H,34,38). The third kappa shape index (κ3) is 5.34. The lowest BCUT2D eigenvalue weighted by atomic mass is 9.95. The van der Waals surface area contributed by atoms with Gasteiger partial charge in [-0.3, -0.25) is 20.2 Å². The van der Waals surface area contributed by atoms with Crippen molar-refractivity contribution in [2.45, 2.75) is 12.5 Å². The van der Waals surface area contributed by atoms with E-state index in [0.29, 0.717) is 56.6 Å². The zero-order chi connectivity index (χ0) is 31.8. The van der Waals surface area contributed by atoms with E-state index in [1.165, 1.54) is 27.4 Å². The molecule has 0 radical (unpaired) electrons. The van der Waals surface area contributed by atoms with E-state index in [-0.39, 0.29) is 29.3 Å². The molecule has 0 fully saturated rings. The number of H-pyrrole nitrogens is 1. The van der Waals surface area contributed by atoms with Gasteiger partial charge in [-0.25, -0.2) is 4.79 Å². The summed E-state index contributed by atoms with van der Waals surface area (Å²) in [4.78, 5) is 42.9. The first-order chi connectivity index (χ1) is 21.8. The Kier molecular flexibility index (Phi) is 8.12. The summed E-state index contributed by atoms with van der Waals surface area (Å²) < 4.78 is 21.9. The average Bonchev–Trinajstić information content (AvgIpc) is 3.79. The van der Waals surface area contributed by atoms with Crippen LogP contribution in [0.2, 0.25) is 0 Å². The van der Waals surface area contributed by atoms with Crippen LogP contribution in [0.5, 0.6) is 17.2 Å². The van der Waals surface area contributed by atoms with Crippen molar-refractivity contribution in [3.05, 3.63) is 80.8 Å². The number of carbonyl (C=O) groups excluding carboxylic acids is 2. The number of fused-ring (bicyclic) bond motifs is 4. The number of hydrogen-bond acceptors (Lipinski definition) is 9. The number of ether oxygens (including phenoxy) is 4. The Bertz CT molecular complexity index is 1970. The third-order valence-electron chi connectivity index (χ3n) is 7.66. The van der Waals surface area contributed by atoms with Crippen molar-refractivity contribution in [3.63, 3.8) is 0 Å². The fraction of sp³-hybridized carbons (Fsp3) is 0.226. The Morgan fingerprint density at radius 1 is 1.07 bits per heavy atom. The van der Waals surface area contributed by atoms with E-state index in [1.54, 1.807) is 29.2 Å². The average molecular weight is 651 g/mol. The Morgan fingerprint density at radius 2 is 1.82 bits per heavy atom. The number of aromatic nitrogens is 1. The van der Waals surface area contributed by atoms with Gasteiger partial charge < -0.3 is 28.8 Å². The van der Waals surface area contributed by atoms with Crippen LogP contribution >= 0.6 is 22.9 Å². The van der Waals surface area contributed by atoms with Crippen LogP contribution in [0.15, 0.2) is 54.6 Å². The summed E-state index contributed by atoms with van der Waals surface area (Å²) in [5, 5.41) is 16.0. The number of nitro groups is 1. The zero-order valence-corrected chi connectivity index (χ0v) is 25.9. The van der Waals surface area contributed by atoms with Gasteiger partial charge in [0.25, 0.3) is 5.91 Å². The molecule has 3 aromatic carbocycles. The lowest BCUT2D eigenvalue weighted by Crippen LogP contribution is -2.30. The van der Waals surface area contributed by atoms with Crippen LogP contribution in [0.3, 0.4) is 0 Å². The Hall–Kier alpha value is -5.01. The van der Waals surface area contributed by atoms with Gasteiger partial charge in [0.2, 0.25) is 5.75 Å². The van der Waals surface area contributed by atoms with Crippen molar-refractivity contribution in [2.24, 2.45) is 0 Å². The molecule has 6 rings (SSSR count). The molecule has 1 atom stereocenters. The van der Waals surface area contributed by atoms with E-state index in [1.807, 2.05) is 24.3 Å². The second kappa shape index (κ2) is 12.2. The molecular weight excluding hydrogens is 624 g/mol. The van der Waals surface area contributed by atoms with Gasteiger partial charge in [0.15, 0.2) is 11.5 Å². The normalized spacial score (nSPS) is 14.0. The van der Waals surface area contributed by atoms with Crippen LogP contribution in [-0.2, 0) is 11.3 Å². The van der Waals surface area contributed by atoms with Crippen molar-refractivity contribution in [1.82, 2.24) is 4.98 Å². The molecular formula is C31H27ClN4O8S. The van der Waals surface area contributed by atoms with E-state index in [9.17, 15) is 19.7 Å². The molecule has 2 N–H and O–H groups in total. The van der Waals surface area contributed by atoms with E-state index in [2.05, 4.69) is 10.3 Å². The number of methoxy groups -OCH3 is 3. The molecule has 232 valence electrons. The highest BCUT2D eigenvalue weighted by Gasteiger charge is 2.36. The monoisotopic (exact) mass is 650 g/mol. The first-order valence-electron chi connectivity index (χ1n) is 13.7. The molecule has 45 heavy (non-hydrogen) atoms. The van der Waals surface area contributed by atoms with Gasteiger partial charge in [0.05, 0.1) is 43.1 Å². The van der Waals surface area contributed by atoms with Gasteiger partial charge in [-0.15, -0.1) is 11.6 Å². The van der Waals surface area contributed by atoms with E-state index in [0.717, 1.165) is 27.7 Å². The maximum absolute atomic E-state index is 14.1. The predicted molar refractivity (Wildman–Crippen MR) is 172 cm³/mol. The van der Waals surface area contributed by atoms with Crippen LogP contribution in [0, 0.1) is 10.1 Å². The van der Waals surface area contributed by atoms with Gasteiger partial charge in [-0.05, 0) is 35.2 Å². The summed E-state index contributed by atoms with van der Waals surface area (Å²) in [6.07, 6.45) is -0.744. The molecule has 1 aliphatic heterocycles. The second-order valence-corrected chi connectivity index (χ2v) is 11.6. The fourth-order valence-corrected chi connectivity index (χ4v) is 6.68. The highest BCUT2D eigenvalue weighted by molar-refractivity contribution is 7.15. The Morgan fingerprint density at radius 3 is 2.49 bits per heavy atom. The predicted octanol–water partition coefficient (Wildman–Crippen LogP) is 7.05. The summed E-state index contributed by atoms with van der Waals surface area (Å²) in [5.74, 6) is 1.07. The van der Waals surface area contributed by atoms with Gasteiger partial charge in [-0.1, -0.05) is 35.6 Å². The number of halogens is 1. The number of alkyl halides is 1. The van der Waals surface area contributed by atoms with Crippen LogP contribution in [0.1, 0.15) is 26.8 Å². The smallest absolute Gasteiger partial charge is 0.412 e. The number of aromatic amines is 1. The van der Waals surface area contributed by atoms with Gasteiger partial charge >= 0.3 is 11.1 Å². The first-order valence-corrected chi connectivity index (χ1v) is 15.0. The van der Waals surface area contributed by atoms with Crippen molar-refractivity contribution in [1.29, 1.82) is 0 Å². The number of thiophene rings is 1.